The molecule has 0 spiro atoms. The summed E-state index contributed by atoms with van der Waals surface area (Å²) >= 11 is 0. The largest absolute Gasteiger partial charge is 0.504 e. The van der Waals surface area contributed by atoms with Gasteiger partial charge in [-0.05, 0) is 12.1 Å². The van der Waals surface area contributed by atoms with Crippen LogP contribution in [0.4, 0.5) is 4.39 Å². The molecule has 0 unspecified atom stereocenters. The zero-order valence-electron chi connectivity index (χ0n) is 9.18. The van der Waals surface area contributed by atoms with Crippen LogP contribution in [0.15, 0.2) is 22.7 Å². The van der Waals surface area contributed by atoms with Crippen molar-refractivity contribution in [3.8, 4) is 22.8 Å². The van der Waals surface area contributed by atoms with Crippen LogP contribution in [0.3, 0.4) is 0 Å². The second-order valence-electron chi connectivity index (χ2n) is 3.39. The van der Waals surface area contributed by atoms with Crippen LogP contribution in [-0.2, 0) is 0 Å². The minimum Gasteiger partial charge on any atom is -0.504 e. The molecule has 2 aromatic rings. The second-order valence-corrected chi connectivity index (χ2v) is 3.39. The molecule has 0 aliphatic carbocycles. The van der Waals surface area contributed by atoms with Crippen molar-refractivity contribution in [3.63, 3.8) is 0 Å². The van der Waals surface area contributed by atoms with Gasteiger partial charge in [-0.25, -0.2) is 9.18 Å². The van der Waals surface area contributed by atoms with Crippen molar-refractivity contribution in [1.82, 2.24) is 5.16 Å². The number of carboxylic acid groups (broad SMARTS) is 1. The molecule has 0 bridgehead atoms. The number of phenols is 1. The first kappa shape index (κ1) is 11.9. The third kappa shape index (κ3) is 1.97. The zero-order valence-corrected chi connectivity index (χ0v) is 9.18. The van der Waals surface area contributed by atoms with Gasteiger partial charge in [-0.15, -0.1) is 0 Å². The molecule has 94 valence electrons. The van der Waals surface area contributed by atoms with E-state index in [4.69, 9.17) is 9.63 Å². The second kappa shape index (κ2) is 4.36. The van der Waals surface area contributed by atoms with Gasteiger partial charge in [0, 0.05) is 11.6 Å². The minimum absolute atomic E-state index is 0.0317. The maximum atomic E-state index is 13.5. The number of benzene rings is 1. The van der Waals surface area contributed by atoms with Crippen molar-refractivity contribution in [2.75, 3.05) is 7.11 Å². The lowest BCUT2D eigenvalue weighted by Gasteiger charge is -2.05. The molecule has 0 amide bonds. The van der Waals surface area contributed by atoms with Gasteiger partial charge >= 0.3 is 5.97 Å². The Morgan fingerprint density at radius 2 is 2.17 bits per heavy atom. The van der Waals surface area contributed by atoms with Gasteiger partial charge in [0.05, 0.1) is 7.11 Å². The molecule has 1 aromatic carbocycles. The van der Waals surface area contributed by atoms with Gasteiger partial charge < -0.3 is 19.5 Å². The lowest BCUT2D eigenvalue weighted by Crippen LogP contribution is -1.94. The number of carboxylic acids is 1. The Balaban J connectivity index is 2.47. The van der Waals surface area contributed by atoms with E-state index >= 15 is 0 Å². The molecule has 18 heavy (non-hydrogen) atoms. The van der Waals surface area contributed by atoms with Crippen LogP contribution in [0.1, 0.15) is 10.5 Å². The van der Waals surface area contributed by atoms with Crippen LogP contribution in [0.5, 0.6) is 11.5 Å². The number of rotatable bonds is 3. The van der Waals surface area contributed by atoms with E-state index in [0.717, 1.165) is 12.1 Å². The Kier molecular flexibility index (Phi) is 2.88. The molecule has 0 saturated heterocycles. The van der Waals surface area contributed by atoms with Crippen molar-refractivity contribution >= 4 is 5.97 Å². The summed E-state index contributed by atoms with van der Waals surface area (Å²) in [5, 5.41) is 21.5. The summed E-state index contributed by atoms with van der Waals surface area (Å²) in [5.74, 6) is -2.73. The molecule has 2 N–H and O–H groups in total. The smallest absolute Gasteiger partial charge is 0.358 e. The molecule has 2 rings (SSSR count). The molecule has 1 aromatic heterocycles. The molecule has 0 aliphatic heterocycles. The number of aromatic hydroxyl groups is 1. The number of phenolic OH excluding ortho intramolecular Hbond substituents is 1. The molecule has 0 saturated carbocycles. The van der Waals surface area contributed by atoms with E-state index in [1.807, 2.05) is 0 Å². The van der Waals surface area contributed by atoms with Crippen molar-refractivity contribution in [2.45, 2.75) is 0 Å². The van der Waals surface area contributed by atoms with Crippen LogP contribution in [0.25, 0.3) is 11.3 Å². The van der Waals surface area contributed by atoms with Gasteiger partial charge in [0.15, 0.2) is 28.8 Å². The topological polar surface area (TPSA) is 92.8 Å². The fourth-order valence-corrected chi connectivity index (χ4v) is 1.44. The molecular formula is C11H8FNO5. The Morgan fingerprint density at radius 3 is 2.67 bits per heavy atom. The number of aromatic carboxylic acids is 1. The van der Waals surface area contributed by atoms with Crippen molar-refractivity contribution < 1.29 is 28.7 Å². The van der Waals surface area contributed by atoms with Gasteiger partial charge in [-0.3, -0.25) is 0 Å². The van der Waals surface area contributed by atoms with Crippen molar-refractivity contribution in [2.24, 2.45) is 0 Å². The lowest BCUT2D eigenvalue weighted by atomic mass is 10.1. The van der Waals surface area contributed by atoms with E-state index < -0.39 is 17.5 Å². The highest BCUT2D eigenvalue weighted by Crippen LogP contribution is 2.34. The van der Waals surface area contributed by atoms with Crippen LogP contribution < -0.4 is 4.74 Å². The van der Waals surface area contributed by atoms with Gasteiger partial charge in [0.1, 0.15) is 0 Å². The molecule has 6 nitrogen and oxygen atoms in total. The summed E-state index contributed by atoms with van der Waals surface area (Å²) in [7, 11) is 1.22. The Hall–Kier alpha value is -2.57. The summed E-state index contributed by atoms with van der Waals surface area (Å²) in [6.45, 7) is 0. The third-order valence-corrected chi connectivity index (χ3v) is 2.24. The predicted octanol–water partition coefficient (Wildman–Crippen LogP) is 1.89. The van der Waals surface area contributed by atoms with E-state index in [2.05, 4.69) is 9.89 Å². The lowest BCUT2D eigenvalue weighted by molar-refractivity contribution is 0.0686. The zero-order chi connectivity index (χ0) is 13.3. The number of hydrogen-bond donors (Lipinski definition) is 2. The summed E-state index contributed by atoms with van der Waals surface area (Å²) in [5.41, 5.74) is -0.147. The maximum absolute atomic E-state index is 13.5. The van der Waals surface area contributed by atoms with Crippen molar-refractivity contribution in [3.05, 3.63) is 29.7 Å². The van der Waals surface area contributed by atoms with Crippen LogP contribution in [-0.4, -0.2) is 28.4 Å². The Bertz CT molecular complexity index is 584. The van der Waals surface area contributed by atoms with E-state index in [9.17, 15) is 14.3 Å². The first-order chi connectivity index (χ1) is 8.52. The summed E-state index contributed by atoms with van der Waals surface area (Å²) in [6, 6.07) is 3.36. The molecule has 0 atom stereocenters. The third-order valence-electron chi connectivity index (χ3n) is 2.24. The molecule has 1 heterocycles. The van der Waals surface area contributed by atoms with Crippen LogP contribution >= 0.6 is 0 Å². The monoisotopic (exact) mass is 253 g/mol. The number of nitrogens with zero attached hydrogens (tertiary/aromatic N) is 1. The molecule has 0 radical (unpaired) electrons. The summed E-state index contributed by atoms with van der Waals surface area (Å²) < 4.78 is 22.9. The number of carbonyl (C=O) groups is 1. The van der Waals surface area contributed by atoms with Crippen LogP contribution in [0.2, 0.25) is 0 Å². The fraction of sp³-hybridized carbons (Fsp3) is 0.0909. The minimum atomic E-state index is -1.26. The summed E-state index contributed by atoms with van der Waals surface area (Å²) in [6.07, 6.45) is 0. The summed E-state index contributed by atoms with van der Waals surface area (Å²) in [4.78, 5) is 10.6. The van der Waals surface area contributed by atoms with Gasteiger partial charge in [-0.2, -0.15) is 0 Å². The van der Waals surface area contributed by atoms with E-state index in [1.54, 1.807) is 0 Å². The number of aromatic nitrogens is 1. The number of hydrogen-bond acceptors (Lipinski definition) is 5. The van der Waals surface area contributed by atoms with Crippen molar-refractivity contribution in [1.29, 1.82) is 0 Å². The highest BCUT2D eigenvalue weighted by atomic mass is 19.1. The fourth-order valence-electron chi connectivity index (χ4n) is 1.44. The SMILES string of the molecule is COc1c(O)cc(-c2cc(C(=O)O)no2)cc1F. The highest BCUT2D eigenvalue weighted by molar-refractivity contribution is 5.86. The van der Waals surface area contributed by atoms with E-state index in [1.165, 1.54) is 13.2 Å². The number of halogens is 1. The molecule has 0 aliphatic rings. The van der Waals surface area contributed by atoms with E-state index in [0.29, 0.717) is 0 Å². The molecule has 7 heteroatoms. The molecule has 0 fully saturated rings. The Labute approximate surface area is 100 Å². The quantitative estimate of drug-likeness (QED) is 0.867. The van der Waals surface area contributed by atoms with Gasteiger partial charge in [-0.1, -0.05) is 5.16 Å². The normalized spacial score (nSPS) is 10.3. The predicted molar refractivity (Wildman–Crippen MR) is 57.1 cm³/mol. The van der Waals surface area contributed by atoms with Crippen LogP contribution in [0, 0.1) is 5.82 Å². The van der Waals surface area contributed by atoms with Gasteiger partial charge in [0.2, 0.25) is 0 Å². The first-order valence-electron chi connectivity index (χ1n) is 4.80. The molecular weight excluding hydrogens is 245 g/mol. The van der Waals surface area contributed by atoms with E-state index in [-0.39, 0.29) is 22.8 Å². The average molecular weight is 253 g/mol. The Morgan fingerprint density at radius 1 is 1.44 bits per heavy atom. The number of methoxy groups -OCH3 is 1. The maximum Gasteiger partial charge on any atom is 0.358 e. The highest BCUT2D eigenvalue weighted by Gasteiger charge is 2.16. The van der Waals surface area contributed by atoms with Gasteiger partial charge in [0.25, 0.3) is 0 Å². The standard InChI is InChI=1S/C11H8FNO5/c1-17-10-6(12)2-5(3-8(10)14)9-4-7(11(15)16)13-18-9/h2-4,14H,1H3,(H,15,16). The first-order valence-corrected chi connectivity index (χ1v) is 4.80. The number of ether oxygens (including phenoxy) is 1. The average Bonchev–Trinajstić information content (AvgIpc) is 2.77.